The van der Waals surface area contributed by atoms with Crippen molar-refractivity contribution in [2.45, 2.75) is 18.9 Å². The molecule has 142 valence electrons. The van der Waals surface area contributed by atoms with Crippen molar-refractivity contribution < 1.29 is 19.4 Å². The Hall–Kier alpha value is -2.87. The van der Waals surface area contributed by atoms with Crippen LogP contribution in [0.25, 0.3) is 11.3 Å². The van der Waals surface area contributed by atoms with Gasteiger partial charge in [0.15, 0.2) is 0 Å². The van der Waals surface area contributed by atoms with E-state index >= 15 is 0 Å². The van der Waals surface area contributed by atoms with Crippen LogP contribution < -0.4 is 0 Å². The third kappa shape index (κ3) is 3.66. The van der Waals surface area contributed by atoms with E-state index in [1.165, 1.54) is 0 Å². The van der Waals surface area contributed by atoms with E-state index in [2.05, 4.69) is 10.2 Å². The largest absolute Gasteiger partial charge is 0.508 e. The Morgan fingerprint density at radius 3 is 2.48 bits per heavy atom. The highest BCUT2D eigenvalue weighted by atomic mass is 16.5. The van der Waals surface area contributed by atoms with Gasteiger partial charge in [-0.1, -0.05) is 0 Å². The van der Waals surface area contributed by atoms with Crippen LogP contribution >= 0.6 is 0 Å². The summed E-state index contributed by atoms with van der Waals surface area (Å²) in [6.07, 6.45) is 1.40. The molecule has 0 unspecified atom stereocenters. The number of amides is 2. The van der Waals surface area contributed by atoms with Crippen LogP contribution in [0.5, 0.6) is 5.75 Å². The van der Waals surface area contributed by atoms with Crippen LogP contribution in [-0.2, 0) is 9.53 Å². The van der Waals surface area contributed by atoms with Crippen LogP contribution in [0.2, 0.25) is 0 Å². The molecule has 2 aliphatic rings. The number of nitrogens with one attached hydrogen (secondary N) is 1. The van der Waals surface area contributed by atoms with Gasteiger partial charge in [0.05, 0.1) is 5.69 Å². The lowest BCUT2D eigenvalue weighted by Gasteiger charge is -2.35. The second-order valence-electron chi connectivity index (χ2n) is 6.83. The number of aromatic nitrogens is 2. The topological polar surface area (TPSA) is 98.8 Å². The van der Waals surface area contributed by atoms with Gasteiger partial charge in [-0.15, -0.1) is 0 Å². The number of hydrogen-bond donors (Lipinski definition) is 2. The predicted octanol–water partition coefficient (Wildman–Crippen LogP) is 1.25. The average Bonchev–Trinajstić information content (AvgIpc) is 3.40. The molecule has 2 fully saturated rings. The highest BCUT2D eigenvalue weighted by molar-refractivity contribution is 5.93. The second kappa shape index (κ2) is 7.40. The lowest BCUT2D eigenvalue weighted by Crippen LogP contribution is -2.52. The third-order valence-electron chi connectivity index (χ3n) is 5.06. The van der Waals surface area contributed by atoms with Crippen molar-refractivity contribution in [3.8, 4) is 17.0 Å². The Balaban J connectivity index is 1.37. The molecule has 2 saturated heterocycles. The molecular formula is C19H22N4O4. The lowest BCUT2D eigenvalue weighted by atomic mass is 10.1. The molecule has 2 N–H and O–H groups in total. The molecule has 0 aliphatic carbocycles. The molecule has 27 heavy (non-hydrogen) atoms. The first-order valence-electron chi connectivity index (χ1n) is 9.16. The van der Waals surface area contributed by atoms with Gasteiger partial charge in [-0.3, -0.25) is 14.7 Å². The zero-order chi connectivity index (χ0) is 18.8. The summed E-state index contributed by atoms with van der Waals surface area (Å²) in [4.78, 5) is 28.6. The molecule has 0 saturated carbocycles. The van der Waals surface area contributed by atoms with E-state index in [1.54, 1.807) is 40.1 Å². The van der Waals surface area contributed by atoms with Gasteiger partial charge in [0.2, 0.25) is 0 Å². The summed E-state index contributed by atoms with van der Waals surface area (Å²) in [5, 5.41) is 16.4. The van der Waals surface area contributed by atoms with Gasteiger partial charge < -0.3 is 19.6 Å². The van der Waals surface area contributed by atoms with E-state index in [4.69, 9.17) is 4.74 Å². The molecule has 0 spiro atoms. The Morgan fingerprint density at radius 2 is 1.81 bits per heavy atom. The first-order chi connectivity index (χ1) is 13.1. The Kier molecular flexibility index (Phi) is 4.81. The lowest BCUT2D eigenvalue weighted by molar-refractivity contribution is -0.142. The molecule has 1 atom stereocenters. The zero-order valence-corrected chi connectivity index (χ0v) is 14.9. The number of benzene rings is 1. The number of nitrogens with zero attached hydrogens (tertiary/aromatic N) is 3. The molecule has 1 aromatic heterocycles. The van der Waals surface area contributed by atoms with Crippen molar-refractivity contribution in [1.29, 1.82) is 0 Å². The number of hydrogen-bond acceptors (Lipinski definition) is 5. The first-order valence-corrected chi connectivity index (χ1v) is 9.16. The second-order valence-corrected chi connectivity index (χ2v) is 6.83. The van der Waals surface area contributed by atoms with Crippen molar-refractivity contribution in [3.63, 3.8) is 0 Å². The van der Waals surface area contributed by atoms with E-state index in [9.17, 15) is 14.7 Å². The maximum Gasteiger partial charge on any atom is 0.272 e. The van der Waals surface area contributed by atoms with Crippen LogP contribution in [0.1, 0.15) is 23.3 Å². The molecule has 4 rings (SSSR count). The number of carbonyl (C=O) groups is 2. The highest BCUT2D eigenvalue weighted by Gasteiger charge is 2.31. The van der Waals surface area contributed by atoms with Crippen molar-refractivity contribution >= 4 is 11.8 Å². The quantitative estimate of drug-likeness (QED) is 0.847. The minimum absolute atomic E-state index is 0.0377. The number of piperazine rings is 1. The van der Waals surface area contributed by atoms with Gasteiger partial charge in [0.25, 0.3) is 11.8 Å². The number of aromatic amines is 1. The molecule has 8 heteroatoms. The normalized spacial score (nSPS) is 20.1. The number of aromatic hydroxyl groups is 1. The number of carbonyl (C=O) groups excluding carboxylic acids is 2. The molecule has 0 radical (unpaired) electrons. The molecule has 2 aliphatic heterocycles. The summed E-state index contributed by atoms with van der Waals surface area (Å²) < 4.78 is 5.46. The fourth-order valence-electron chi connectivity index (χ4n) is 3.49. The number of rotatable bonds is 3. The van der Waals surface area contributed by atoms with Crippen LogP contribution in [0.15, 0.2) is 30.3 Å². The maximum atomic E-state index is 12.7. The average molecular weight is 370 g/mol. The number of phenols is 1. The molecule has 0 bridgehead atoms. The van der Waals surface area contributed by atoms with Crippen LogP contribution in [0.4, 0.5) is 0 Å². The van der Waals surface area contributed by atoms with Crippen molar-refractivity contribution in [2.24, 2.45) is 0 Å². The fourth-order valence-corrected chi connectivity index (χ4v) is 3.49. The molecule has 2 amide bonds. The van der Waals surface area contributed by atoms with E-state index in [0.717, 1.165) is 18.4 Å². The Morgan fingerprint density at radius 1 is 1.11 bits per heavy atom. The van der Waals surface area contributed by atoms with E-state index in [1.807, 2.05) is 0 Å². The van der Waals surface area contributed by atoms with Crippen molar-refractivity contribution in [1.82, 2.24) is 20.0 Å². The monoisotopic (exact) mass is 370 g/mol. The van der Waals surface area contributed by atoms with E-state index < -0.39 is 0 Å². The van der Waals surface area contributed by atoms with Gasteiger partial charge in [-0.2, -0.15) is 5.10 Å². The van der Waals surface area contributed by atoms with Crippen molar-refractivity contribution in [2.75, 3.05) is 32.8 Å². The molecule has 3 heterocycles. The summed E-state index contributed by atoms with van der Waals surface area (Å²) in [7, 11) is 0. The Bertz CT molecular complexity index is 818. The van der Waals surface area contributed by atoms with Crippen LogP contribution in [-0.4, -0.2) is 75.8 Å². The molecule has 2 aromatic rings. The third-order valence-corrected chi connectivity index (χ3v) is 5.06. The Labute approximate surface area is 156 Å². The smallest absolute Gasteiger partial charge is 0.272 e. The summed E-state index contributed by atoms with van der Waals surface area (Å²) in [5.41, 5.74) is 1.87. The SMILES string of the molecule is O=C(c1cc(-c2ccc(O)cc2)n[nH]1)N1CCN(C(=O)[C@@H]2CCCO2)CC1. The van der Waals surface area contributed by atoms with E-state index in [0.29, 0.717) is 44.2 Å². The van der Waals surface area contributed by atoms with Gasteiger partial charge in [0, 0.05) is 38.3 Å². The summed E-state index contributed by atoms with van der Waals surface area (Å²) in [6, 6.07) is 8.36. The first kappa shape index (κ1) is 17.5. The molecule has 1 aromatic carbocycles. The fraction of sp³-hybridized carbons (Fsp3) is 0.421. The zero-order valence-electron chi connectivity index (χ0n) is 14.9. The standard InChI is InChI=1S/C19H22N4O4/c24-14-5-3-13(4-6-14)15-12-16(21-20-15)18(25)22-7-9-23(10-8-22)19(26)17-2-1-11-27-17/h3-6,12,17,24H,1-2,7-11H2,(H,20,21)/t17-/m0/s1. The summed E-state index contributed by atoms with van der Waals surface area (Å²) in [5.74, 6) is 0.0912. The van der Waals surface area contributed by atoms with Crippen molar-refractivity contribution in [3.05, 3.63) is 36.0 Å². The number of phenolic OH excluding ortho intramolecular Hbond substituents is 1. The van der Waals surface area contributed by atoms with Gasteiger partial charge in [0.1, 0.15) is 17.5 Å². The number of H-pyrrole nitrogens is 1. The van der Waals surface area contributed by atoms with Gasteiger partial charge in [-0.05, 0) is 43.2 Å². The summed E-state index contributed by atoms with van der Waals surface area (Å²) >= 11 is 0. The van der Waals surface area contributed by atoms with Crippen LogP contribution in [0.3, 0.4) is 0 Å². The van der Waals surface area contributed by atoms with Gasteiger partial charge in [-0.25, -0.2) is 0 Å². The number of ether oxygens (including phenoxy) is 1. The summed E-state index contributed by atoms with van der Waals surface area (Å²) in [6.45, 7) is 2.67. The maximum absolute atomic E-state index is 12.7. The molecular weight excluding hydrogens is 348 g/mol. The van der Waals surface area contributed by atoms with Gasteiger partial charge >= 0.3 is 0 Å². The minimum Gasteiger partial charge on any atom is -0.508 e. The van der Waals surface area contributed by atoms with E-state index in [-0.39, 0.29) is 23.7 Å². The predicted molar refractivity (Wildman–Crippen MR) is 97.1 cm³/mol. The van der Waals surface area contributed by atoms with Crippen LogP contribution in [0, 0.1) is 0 Å². The molecule has 8 nitrogen and oxygen atoms in total. The minimum atomic E-state index is -0.312. The highest BCUT2D eigenvalue weighted by Crippen LogP contribution is 2.21.